The lowest BCUT2D eigenvalue weighted by atomic mass is 9.80. The van der Waals surface area contributed by atoms with Gasteiger partial charge in [-0.1, -0.05) is 13.3 Å². The zero-order valence-corrected chi connectivity index (χ0v) is 13.4. The minimum atomic E-state index is -0.750. The van der Waals surface area contributed by atoms with Gasteiger partial charge in [0.15, 0.2) is 0 Å². The van der Waals surface area contributed by atoms with Crippen molar-refractivity contribution in [3.63, 3.8) is 0 Å². The maximum absolute atomic E-state index is 11.9. The molecule has 0 heterocycles. The Morgan fingerprint density at radius 1 is 1.29 bits per heavy atom. The van der Waals surface area contributed by atoms with E-state index in [4.69, 9.17) is 9.84 Å². The lowest BCUT2D eigenvalue weighted by Crippen LogP contribution is -2.38. The van der Waals surface area contributed by atoms with Crippen molar-refractivity contribution in [3.8, 4) is 0 Å². The summed E-state index contributed by atoms with van der Waals surface area (Å²) in [5.41, 5.74) is 0. The highest BCUT2D eigenvalue weighted by Crippen LogP contribution is 2.32. The number of amides is 1. The molecule has 122 valence electrons. The Hall–Kier alpha value is -1.10. The summed E-state index contributed by atoms with van der Waals surface area (Å²) in [6.45, 7) is 6.44. The Morgan fingerprint density at radius 3 is 2.52 bits per heavy atom. The van der Waals surface area contributed by atoms with Crippen LogP contribution in [0.25, 0.3) is 0 Å². The van der Waals surface area contributed by atoms with E-state index in [1.165, 1.54) is 0 Å². The molecule has 1 rings (SSSR count). The molecule has 1 saturated carbocycles. The molecule has 1 aliphatic carbocycles. The summed E-state index contributed by atoms with van der Waals surface area (Å²) < 4.78 is 5.49. The lowest BCUT2D eigenvalue weighted by molar-refractivity contribution is -0.141. The van der Waals surface area contributed by atoms with Crippen LogP contribution in [-0.2, 0) is 14.3 Å². The first-order valence-electron chi connectivity index (χ1n) is 8.06. The van der Waals surface area contributed by atoms with E-state index in [1.807, 2.05) is 13.8 Å². The molecule has 0 aromatic heterocycles. The summed E-state index contributed by atoms with van der Waals surface area (Å²) in [4.78, 5) is 22.6. The third-order valence-electron chi connectivity index (χ3n) is 4.17. The molecule has 0 radical (unpaired) electrons. The molecule has 2 unspecified atom stereocenters. The van der Waals surface area contributed by atoms with Crippen LogP contribution in [-0.4, -0.2) is 35.7 Å². The molecule has 2 N–H and O–H groups in total. The number of rotatable bonds is 10. The first-order chi connectivity index (χ1) is 9.92. The van der Waals surface area contributed by atoms with Crippen LogP contribution in [0.1, 0.15) is 59.3 Å². The Balaban J connectivity index is 2.07. The standard InChI is InChI=1S/C16H29NO4/c1-4-21-14-8-13(9-14)10-15(18)17-12(3)7-5-6-11(2)16(19)20/h11-14H,4-10H2,1-3H3,(H,17,18)(H,19,20). The Morgan fingerprint density at radius 2 is 1.95 bits per heavy atom. The van der Waals surface area contributed by atoms with Gasteiger partial charge in [0.05, 0.1) is 12.0 Å². The smallest absolute Gasteiger partial charge is 0.306 e. The molecule has 5 nitrogen and oxygen atoms in total. The lowest BCUT2D eigenvalue weighted by Gasteiger charge is -2.34. The molecule has 5 heteroatoms. The van der Waals surface area contributed by atoms with Crippen LogP contribution in [0.3, 0.4) is 0 Å². The molecule has 1 amide bonds. The maximum Gasteiger partial charge on any atom is 0.306 e. The van der Waals surface area contributed by atoms with Crippen LogP contribution in [0.15, 0.2) is 0 Å². The van der Waals surface area contributed by atoms with Gasteiger partial charge in [0, 0.05) is 19.1 Å². The summed E-state index contributed by atoms with van der Waals surface area (Å²) >= 11 is 0. The van der Waals surface area contributed by atoms with E-state index in [0.717, 1.165) is 32.3 Å². The van der Waals surface area contributed by atoms with E-state index in [-0.39, 0.29) is 17.9 Å². The molecule has 1 aliphatic rings. The normalized spacial score (nSPS) is 24.0. The van der Waals surface area contributed by atoms with Gasteiger partial charge in [-0.25, -0.2) is 0 Å². The number of hydrogen-bond donors (Lipinski definition) is 2. The summed E-state index contributed by atoms with van der Waals surface area (Å²) in [5.74, 6) is -0.492. The Kier molecular flexibility index (Phi) is 7.72. The Labute approximate surface area is 127 Å². The fourth-order valence-electron chi connectivity index (χ4n) is 2.73. The molecular formula is C16H29NO4. The van der Waals surface area contributed by atoms with Crippen LogP contribution in [0.5, 0.6) is 0 Å². The fourth-order valence-corrected chi connectivity index (χ4v) is 2.73. The highest BCUT2D eigenvalue weighted by atomic mass is 16.5. The summed E-state index contributed by atoms with van der Waals surface area (Å²) in [7, 11) is 0. The maximum atomic E-state index is 11.9. The predicted octanol–water partition coefficient (Wildman–Crippen LogP) is 2.59. The molecule has 21 heavy (non-hydrogen) atoms. The third kappa shape index (κ3) is 6.93. The largest absolute Gasteiger partial charge is 0.481 e. The number of carboxylic acid groups (broad SMARTS) is 1. The zero-order chi connectivity index (χ0) is 15.8. The van der Waals surface area contributed by atoms with Crippen LogP contribution < -0.4 is 5.32 Å². The van der Waals surface area contributed by atoms with Gasteiger partial charge in [-0.3, -0.25) is 9.59 Å². The number of hydrogen-bond acceptors (Lipinski definition) is 3. The molecule has 2 atom stereocenters. The van der Waals surface area contributed by atoms with E-state index in [9.17, 15) is 9.59 Å². The van der Waals surface area contributed by atoms with Crippen molar-refractivity contribution in [2.45, 2.75) is 71.4 Å². The third-order valence-corrected chi connectivity index (χ3v) is 4.17. The molecule has 0 aromatic rings. The van der Waals surface area contributed by atoms with Crippen LogP contribution in [0.4, 0.5) is 0 Å². The highest BCUT2D eigenvalue weighted by molar-refractivity contribution is 5.76. The molecule has 0 spiro atoms. The van der Waals surface area contributed by atoms with Crippen molar-refractivity contribution in [2.75, 3.05) is 6.61 Å². The van der Waals surface area contributed by atoms with Crippen molar-refractivity contribution < 1.29 is 19.4 Å². The number of ether oxygens (including phenoxy) is 1. The monoisotopic (exact) mass is 299 g/mol. The van der Waals surface area contributed by atoms with E-state index in [1.54, 1.807) is 6.92 Å². The van der Waals surface area contributed by atoms with E-state index >= 15 is 0 Å². The van der Waals surface area contributed by atoms with Crippen molar-refractivity contribution in [3.05, 3.63) is 0 Å². The second-order valence-corrected chi connectivity index (χ2v) is 6.26. The first-order valence-corrected chi connectivity index (χ1v) is 8.06. The van der Waals surface area contributed by atoms with Crippen LogP contribution in [0, 0.1) is 11.8 Å². The number of aliphatic carboxylic acids is 1. The van der Waals surface area contributed by atoms with Gasteiger partial charge < -0.3 is 15.2 Å². The average Bonchev–Trinajstić information content (AvgIpc) is 2.35. The van der Waals surface area contributed by atoms with E-state index < -0.39 is 5.97 Å². The molecule has 0 aromatic carbocycles. The molecule has 0 saturated heterocycles. The van der Waals surface area contributed by atoms with E-state index in [2.05, 4.69) is 5.32 Å². The van der Waals surface area contributed by atoms with E-state index in [0.29, 0.717) is 24.9 Å². The van der Waals surface area contributed by atoms with Gasteiger partial charge in [-0.15, -0.1) is 0 Å². The number of carbonyl (C=O) groups excluding carboxylic acids is 1. The Bertz CT molecular complexity index is 339. The number of nitrogens with one attached hydrogen (secondary N) is 1. The van der Waals surface area contributed by atoms with Gasteiger partial charge >= 0.3 is 5.97 Å². The second-order valence-electron chi connectivity index (χ2n) is 6.26. The molecular weight excluding hydrogens is 270 g/mol. The quantitative estimate of drug-likeness (QED) is 0.650. The number of carbonyl (C=O) groups is 2. The topological polar surface area (TPSA) is 75.6 Å². The SMILES string of the molecule is CCOC1CC(CC(=O)NC(C)CCCC(C)C(=O)O)C1. The average molecular weight is 299 g/mol. The van der Waals surface area contributed by atoms with Crippen molar-refractivity contribution in [1.82, 2.24) is 5.32 Å². The van der Waals surface area contributed by atoms with Crippen LogP contribution in [0.2, 0.25) is 0 Å². The summed E-state index contributed by atoms with van der Waals surface area (Å²) in [6.07, 6.45) is 5.23. The molecule has 1 fully saturated rings. The van der Waals surface area contributed by atoms with Gasteiger partial charge in [0.2, 0.25) is 5.91 Å². The van der Waals surface area contributed by atoms with Crippen LogP contribution >= 0.6 is 0 Å². The molecule has 0 bridgehead atoms. The van der Waals surface area contributed by atoms with Gasteiger partial charge in [0.25, 0.3) is 0 Å². The fraction of sp³-hybridized carbons (Fsp3) is 0.875. The second kappa shape index (κ2) is 9.03. The van der Waals surface area contributed by atoms with Gasteiger partial charge in [-0.05, 0) is 45.4 Å². The zero-order valence-electron chi connectivity index (χ0n) is 13.4. The van der Waals surface area contributed by atoms with Crippen molar-refractivity contribution in [2.24, 2.45) is 11.8 Å². The molecule has 0 aliphatic heterocycles. The van der Waals surface area contributed by atoms with Gasteiger partial charge in [-0.2, -0.15) is 0 Å². The minimum absolute atomic E-state index is 0.105. The summed E-state index contributed by atoms with van der Waals surface area (Å²) in [5, 5.41) is 11.8. The summed E-state index contributed by atoms with van der Waals surface area (Å²) in [6, 6.07) is 0.112. The predicted molar refractivity (Wildman–Crippen MR) is 81.0 cm³/mol. The first kappa shape index (κ1) is 18.0. The minimum Gasteiger partial charge on any atom is -0.481 e. The van der Waals surface area contributed by atoms with Gasteiger partial charge in [0.1, 0.15) is 0 Å². The van der Waals surface area contributed by atoms with Crippen molar-refractivity contribution in [1.29, 1.82) is 0 Å². The number of carboxylic acids is 1. The highest BCUT2D eigenvalue weighted by Gasteiger charge is 2.31. The van der Waals surface area contributed by atoms with Crippen molar-refractivity contribution >= 4 is 11.9 Å².